The normalized spacial score (nSPS) is 15.0. The molecule has 1 rings (SSSR count). The first-order valence-electron chi connectivity index (χ1n) is 13.6. The first-order chi connectivity index (χ1) is 18.2. The molecule has 39 heavy (non-hydrogen) atoms. The second-order valence-corrected chi connectivity index (χ2v) is 13.2. The van der Waals surface area contributed by atoms with Gasteiger partial charge in [-0.25, -0.2) is 8.42 Å². The van der Waals surface area contributed by atoms with E-state index in [9.17, 15) is 23.1 Å². The average molecular weight is 572 g/mol. The van der Waals surface area contributed by atoms with E-state index in [1.54, 1.807) is 19.2 Å². The first kappa shape index (κ1) is 34.8. The number of aliphatic hydroxyl groups is 1. The fourth-order valence-electron chi connectivity index (χ4n) is 4.23. The van der Waals surface area contributed by atoms with Crippen LogP contribution in [0.5, 0.6) is 5.75 Å². The molecule has 10 nitrogen and oxygen atoms in total. The SMILES string of the molecule is COCCCOc1ccccc1NC(=O)C[C@@H](C[C@H](N)[C@@H](O)C[C@H](C(=O)NCCS(C)(=O)=O)C(C)C)C(C)C. The van der Waals surface area contributed by atoms with Gasteiger partial charge in [0, 0.05) is 51.3 Å². The van der Waals surface area contributed by atoms with E-state index in [0.29, 0.717) is 31.1 Å². The summed E-state index contributed by atoms with van der Waals surface area (Å²) in [7, 11) is -1.56. The molecule has 0 saturated heterocycles. The molecule has 0 bridgehead atoms. The summed E-state index contributed by atoms with van der Waals surface area (Å²) in [4.78, 5) is 25.6. The van der Waals surface area contributed by atoms with E-state index in [1.807, 2.05) is 39.8 Å². The van der Waals surface area contributed by atoms with Crippen molar-refractivity contribution < 1.29 is 32.6 Å². The molecule has 0 fully saturated rings. The fourth-order valence-corrected chi connectivity index (χ4v) is 4.70. The predicted molar refractivity (Wildman–Crippen MR) is 154 cm³/mol. The maximum Gasteiger partial charge on any atom is 0.224 e. The number of nitrogens with one attached hydrogen (secondary N) is 2. The number of nitrogens with two attached hydrogens (primary N) is 1. The summed E-state index contributed by atoms with van der Waals surface area (Å²) < 4.78 is 33.5. The lowest BCUT2D eigenvalue weighted by atomic mass is 9.82. The maximum atomic E-state index is 12.9. The number of para-hydroxylation sites is 2. The van der Waals surface area contributed by atoms with Crippen LogP contribution in [0.2, 0.25) is 0 Å². The van der Waals surface area contributed by atoms with E-state index in [-0.39, 0.29) is 54.7 Å². The van der Waals surface area contributed by atoms with E-state index in [2.05, 4.69) is 10.6 Å². The number of methoxy groups -OCH3 is 1. The Balaban J connectivity index is 2.74. The van der Waals surface area contributed by atoms with Crippen LogP contribution in [0.25, 0.3) is 0 Å². The van der Waals surface area contributed by atoms with Gasteiger partial charge in [0.2, 0.25) is 11.8 Å². The van der Waals surface area contributed by atoms with Crippen molar-refractivity contribution in [1.82, 2.24) is 5.32 Å². The maximum absolute atomic E-state index is 12.9. The molecular formula is C28H49N3O7S. The molecule has 2 amide bonds. The number of sulfone groups is 1. The minimum Gasteiger partial charge on any atom is -0.491 e. The van der Waals surface area contributed by atoms with Gasteiger partial charge in [0.05, 0.1) is 24.2 Å². The molecule has 0 aliphatic carbocycles. The summed E-state index contributed by atoms with van der Waals surface area (Å²) in [5.41, 5.74) is 6.96. The van der Waals surface area contributed by atoms with Crippen LogP contribution in [0, 0.1) is 23.7 Å². The number of amides is 2. The van der Waals surface area contributed by atoms with Crippen LogP contribution in [0.1, 0.15) is 53.4 Å². The molecule has 4 atom stereocenters. The number of rotatable bonds is 19. The number of aliphatic hydroxyl groups excluding tert-OH is 1. The highest BCUT2D eigenvalue weighted by Crippen LogP contribution is 2.28. The molecule has 0 aromatic heterocycles. The third kappa shape index (κ3) is 14.1. The van der Waals surface area contributed by atoms with Crippen molar-refractivity contribution in [2.24, 2.45) is 29.4 Å². The summed E-state index contributed by atoms with van der Waals surface area (Å²) in [6, 6.07) is 6.63. The minimum absolute atomic E-state index is 0.0227. The Morgan fingerprint density at radius 2 is 1.72 bits per heavy atom. The lowest BCUT2D eigenvalue weighted by Gasteiger charge is -2.29. The highest BCUT2D eigenvalue weighted by Gasteiger charge is 2.30. The van der Waals surface area contributed by atoms with Gasteiger partial charge in [-0.05, 0) is 42.7 Å². The van der Waals surface area contributed by atoms with Crippen LogP contribution in [-0.2, 0) is 24.2 Å². The average Bonchev–Trinajstić information content (AvgIpc) is 2.84. The lowest BCUT2D eigenvalue weighted by molar-refractivity contribution is -0.127. The van der Waals surface area contributed by atoms with Gasteiger partial charge < -0.3 is 30.9 Å². The van der Waals surface area contributed by atoms with Crippen LogP contribution in [-0.4, -0.2) is 76.4 Å². The van der Waals surface area contributed by atoms with Gasteiger partial charge in [-0.3, -0.25) is 9.59 Å². The largest absolute Gasteiger partial charge is 0.491 e. The molecule has 0 spiro atoms. The van der Waals surface area contributed by atoms with E-state index in [1.165, 1.54) is 0 Å². The molecule has 0 aliphatic rings. The molecule has 11 heteroatoms. The summed E-state index contributed by atoms with van der Waals surface area (Å²) in [6.45, 7) is 8.84. The Bertz CT molecular complexity index is 985. The number of anilines is 1. The molecule has 0 saturated carbocycles. The molecule has 1 aromatic rings. The first-order valence-corrected chi connectivity index (χ1v) is 15.7. The lowest BCUT2D eigenvalue weighted by Crippen LogP contribution is -2.43. The van der Waals surface area contributed by atoms with Crippen LogP contribution >= 0.6 is 0 Å². The Morgan fingerprint density at radius 3 is 2.31 bits per heavy atom. The van der Waals surface area contributed by atoms with Crippen LogP contribution in [0.3, 0.4) is 0 Å². The second kappa shape index (κ2) is 17.5. The zero-order valence-corrected chi connectivity index (χ0v) is 25.1. The monoisotopic (exact) mass is 571 g/mol. The summed E-state index contributed by atoms with van der Waals surface area (Å²) in [5, 5.41) is 16.5. The van der Waals surface area contributed by atoms with E-state index in [0.717, 1.165) is 12.7 Å². The summed E-state index contributed by atoms with van der Waals surface area (Å²) in [6.07, 6.45) is 1.66. The van der Waals surface area contributed by atoms with Crippen molar-refractivity contribution in [3.05, 3.63) is 24.3 Å². The van der Waals surface area contributed by atoms with Crippen molar-refractivity contribution in [3.8, 4) is 5.75 Å². The number of ether oxygens (including phenoxy) is 2. The van der Waals surface area contributed by atoms with E-state index in [4.69, 9.17) is 15.2 Å². The number of carbonyl (C=O) groups is 2. The van der Waals surface area contributed by atoms with Gasteiger partial charge in [0.1, 0.15) is 15.6 Å². The number of hydrogen-bond acceptors (Lipinski definition) is 8. The van der Waals surface area contributed by atoms with Crippen molar-refractivity contribution >= 4 is 27.3 Å². The molecule has 0 aliphatic heterocycles. The van der Waals surface area contributed by atoms with Gasteiger partial charge in [0.15, 0.2) is 0 Å². The molecule has 0 radical (unpaired) electrons. The van der Waals surface area contributed by atoms with E-state index < -0.39 is 27.9 Å². The zero-order chi connectivity index (χ0) is 29.6. The number of carbonyl (C=O) groups excluding carboxylic acids is 2. The van der Waals surface area contributed by atoms with Crippen molar-refractivity contribution in [2.75, 3.05) is 44.2 Å². The van der Waals surface area contributed by atoms with Crippen LogP contribution in [0.4, 0.5) is 5.69 Å². The van der Waals surface area contributed by atoms with Gasteiger partial charge in [-0.15, -0.1) is 0 Å². The Labute approximate surface area is 234 Å². The van der Waals surface area contributed by atoms with Crippen molar-refractivity contribution in [2.45, 2.75) is 65.5 Å². The number of hydrogen-bond donors (Lipinski definition) is 4. The van der Waals surface area contributed by atoms with Crippen LogP contribution < -0.4 is 21.1 Å². The molecule has 224 valence electrons. The second-order valence-electron chi connectivity index (χ2n) is 10.9. The van der Waals surface area contributed by atoms with Crippen molar-refractivity contribution in [3.63, 3.8) is 0 Å². The third-order valence-corrected chi connectivity index (χ3v) is 7.73. The van der Waals surface area contributed by atoms with Gasteiger partial charge >= 0.3 is 0 Å². The van der Waals surface area contributed by atoms with Gasteiger partial charge in [-0.1, -0.05) is 39.8 Å². The highest BCUT2D eigenvalue weighted by molar-refractivity contribution is 7.90. The minimum atomic E-state index is -3.19. The Morgan fingerprint density at radius 1 is 1.05 bits per heavy atom. The fraction of sp³-hybridized carbons (Fsp3) is 0.714. The summed E-state index contributed by atoms with van der Waals surface area (Å²) >= 11 is 0. The smallest absolute Gasteiger partial charge is 0.224 e. The third-order valence-electron chi connectivity index (χ3n) is 6.78. The van der Waals surface area contributed by atoms with Gasteiger partial charge in [0.25, 0.3) is 0 Å². The zero-order valence-electron chi connectivity index (χ0n) is 24.3. The molecular weight excluding hydrogens is 522 g/mol. The summed E-state index contributed by atoms with van der Waals surface area (Å²) in [5.74, 6) is -0.588. The van der Waals surface area contributed by atoms with E-state index >= 15 is 0 Å². The number of benzene rings is 1. The standard InChI is InChI=1S/C28H49N3O7S/c1-19(2)21(17-27(33)31-24-10-7-8-11-26(24)38-14-9-13-37-5)16-23(29)25(32)18-22(20(3)4)28(34)30-12-15-39(6,35)36/h7-8,10-11,19-23,25,32H,9,12-18,29H2,1-6H3,(H,30,34)(H,31,33)/t21-,22+,23+,25+/m1/s1. The Kier molecular flexibility index (Phi) is 15.6. The molecule has 5 N–H and O–H groups in total. The Hall–Kier alpha value is -2.21. The van der Waals surface area contributed by atoms with Crippen molar-refractivity contribution in [1.29, 1.82) is 0 Å². The van der Waals surface area contributed by atoms with Crippen LogP contribution in [0.15, 0.2) is 24.3 Å². The molecule has 0 heterocycles. The quantitative estimate of drug-likeness (QED) is 0.185. The highest BCUT2D eigenvalue weighted by atomic mass is 32.2. The van der Waals surface area contributed by atoms with Gasteiger partial charge in [-0.2, -0.15) is 0 Å². The molecule has 0 unspecified atom stereocenters. The predicted octanol–water partition coefficient (Wildman–Crippen LogP) is 2.60. The topological polar surface area (TPSA) is 157 Å². The molecule has 1 aromatic carbocycles.